The molecule has 11 heteroatoms. The number of piperidine rings is 1. The maximum atomic E-state index is 12.7. The molecular formula is C22H31N3O7S. The predicted octanol–water partition coefficient (Wildman–Crippen LogP) is 0.770. The van der Waals surface area contributed by atoms with Gasteiger partial charge in [-0.3, -0.25) is 19.2 Å². The number of ketones is 1. The van der Waals surface area contributed by atoms with Gasteiger partial charge in [0.1, 0.15) is 0 Å². The first-order chi connectivity index (χ1) is 15.5. The number of esters is 1. The lowest BCUT2D eigenvalue weighted by atomic mass is 9.97. The van der Waals surface area contributed by atoms with Crippen LogP contribution in [0.1, 0.15) is 37.0 Å². The number of benzene rings is 1. The second-order valence-electron chi connectivity index (χ2n) is 8.00. The molecule has 2 amide bonds. The summed E-state index contributed by atoms with van der Waals surface area (Å²) in [6, 6.07) is 5.47. The summed E-state index contributed by atoms with van der Waals surface area (Å²) in [6.45, 7) is 3.61. The molecule has 1 aliphatic heterocycles. The summed E-state index contributed by atoms with van der Waals surface area (Å²) < 4.78 is 31.4. The van der Waals surface area contributed by atoms with E-state index in [0.29, 0.717) is 38.1 Å². The van der Waals surface area contributed by atoms with Gasteiger partial charge >= 0.3 is 5.97 Å². The molecule has 1 aromatic carbocycles. The molecule has 0 saturated carbocycles. The minimum absolute atomic E-state index is 0.0361. The Morgan fingerprint density at radius 1 is 1.03 bits per heavy atom. The van der Waals surface area contributed by atoms with Gasteiger partial charge in [-0.2, -0.15) is 4.31 Å². The SMILES string of the molecule is CCOC(=O)C1CCN(C(=O)CN(C)C(=O)CN(C)S(=O)(=O)c2ccc(C(C)=O)cc2)CC1. The molecule has 0 aliphatic carbocycles. The molecule has 1 saturated heterocycles. The largest absolute Gasteiger partial charge is 0.466 e. The topological polar surface area (TPSA) is 121 Å². The van der Waals surface area contributed by atoms with Gasteiger partial charge < -0.3 is 14.5 Å². The maximum Gasteiger partial charge on any atom is 0.309 e. The Kier molecular flexibility index (Phi) is 9.12. The Hall–Kier alpha value is -2.79. The number of rotatable bonds is 9. The molecule has 1 aromatic rings. The summed E-state index contributed by atoms with van der Waals surface area (Å²) in [5.41, 5.74) is 0.386. The second kappa shape index (κ2) is 11.4. The zero-order chi connectivity index (χ0) is 24.8. The fourth-order valence-corrected chi connectivity index (χ4v) is 4.57. The second-order valence-corrected chi connectivity index (χ2v) is 10.0. The number of carbonyl (C=O) groups excluding carboxylic acids is 4. The molecule has 0 unspecified atom stereocenters. The van der Waals surface area contributed by atoms with Crippen molar-refractivity contribution in [1.82, 2.24) is 14.1 Å². The number of Topliss-reactive ketones (excluding diaryl/α,β-unsaturated/α-hetero) is 1. The molecule has 0 radical (unpaired) electrons. The zero-order valence-electron chi connectivity index (χ0n) is 19.4. The lowest BCUT2D eigenvalue weighted by Gasteiger charge is -2.32. The summed E-state index contributed by atoms with van der Waals surface area (Å²) in [7, 11) is -1.22. The molecule has 1 heterocycles. The lowest BCUT2D eigenvalue weighted by Crippen LogP contribution is -2.47. The van der Waals surface area contributed by atoms with Gasteiger partial charge in [0.2, 0.25) is 21.8 Å². The Labute approximate surface area is 194 Å². The van der Waals surface area contributed by atoms with Gasteiger partial charge in [0.15, 0.2) is 5.78 Å². The Morgan fingerprint density at radius 2 is 1.61 bits per heavy atom. The van der Waals surface area contributed by atoms with Gasteiger partial charge in [0.05, 0.1) is 30.5 Å². The van der Waals surface area contributed by atoms with Crippen molar-refractivity contribution in [2.24, 2.45) is 5.92 Å². The van der Waals surface area contributed by atoms with E-state index < -0.39 is 22.5 Å². The number of carbonyl (C=O) groups is 4. The standard InChI is InChI=1S/C22H31N3O7S/c1-5-32-22(29)18-10-12-25(13-11-18)21(28)14-23(3)20(27)15-24(4)33(30,31)19-8-6-17(7-9-19)16(2)26/h6-9,18H,5,10-15H2,1-4H3. The van der Waals surface area contributed by atoms with Crippen molar-refractivity contribution in [3.05, 3.63) is 29.8 Å². The number of hydrogen-bond acceptors (Lipinski definition) is 7. The molecule has 10 nitrogen and oxygen atoms in total. The van der Waals surface area contributed by atoms with E-state index in [4.69, 9.17) is 4.74 Å². The molecule has 0 bridgehead atoms. The van der Waals surface area contributed by atoms with Crippen molar-refractivity contribution in [2.45, 2.75) is 31.6 Å². The van der Waals surface area contributed by atoms with E-state index in [2.05, 4.69) is 0 Å². The number of amides is 2. The zero-order valence-corrected chi connectivity index (χ0v) is 20.3. The fraction of sp³-hybridized carbons (Fsp3) is 0.545. The number of ether oxygens (including phenoxy) is 1. The van der Waals surface area contributed by atoms with E-state index in [-0.39, 0.29) is 35.0 Å². The summed E-state index contributed by atoms with van der Waals surface area (Å²) in [4.78, 5) is 51.1. The first-order valence-corrected chi connectivity index (χ1v) is 12.2. The minimum atomic E-state index is -3.94. The summed E-state index contributed by atoms with van der Waals surface area (Å²) in [6.07, 6.45) is 1.01. The fourth-order valence-electron chi connectivity index (χ4n) is 3.45. The molecule has 0 spiro atoms. The van der Waals surface area contributed by atoms with Crippen LogP contribution in [0.15, 0.2) is 29.2 Å². The third-order valence-corrected chi connectivity index (χ3v) is 7.41. The Bertz CT molecular complexity index is 984. The monoisotopic (exact) mass is 481 g/mol. The van der Waals surface area contributed by atoms with Gasteiger partial charge in [0.25, 0.3) is 0 Å². The number of likely N-dealkylation sites (N-methyl/N-ethyl adjacent to an activating group) is 2. The molecule has 0 aromatic heterocycles. The highest BCUT2D eigenvalue weighted by Gasteiger charge is 2.30. The van der Waals surface area contributed by atoms with Crippen LogP contribution in [-0.2, 0) is 29.1 Å². The molecule has 1 aliphatic rings. The van der Waals surface area contributed by atoms with Crippen molar-refractivity contribution >= 4 is 33.6 Å². The molecule has 2 rings (SSSR count). The first kappa shape index (κ1) is 26.5. The number of hydrogen-bond donors (Lipinski definition) is 0. The van der Waals surface area contributed by atoms with Crippen molar-refractivity contribution in [1.29, 1.82) is 0 Å². The highest BCUT2D eigenvalue weighted by Crippen LogP contribution is 2.19. The molecular weight excluding hydrogens is 450 g/mol. The van der Waals surface area contributed by atoms with E-state index in [0.717, 1.165) is 4.31 Å². The lowest BCUT2D eigenvalue weighted by molar-refractivity contribution is -0.151. The smallest absolute Gasteiger partial charge is 0.309 e. The molecule has 0 atom stereocenters. The average molecular weight is 482 g/mol. The van der Waals surface area contributed by atoms with Crippen LogP contribution in [0.3, 0.4) is 0 Å². The summed E-state index contributed by atoms with van der Waals surface area (Å²) >= 11 is 0. The molecule has 33 heavy (non-hydrogen) atoms. The maximum absolute atomic E-state index is 12.7. The van der Waals surface area contributed by atoms with Crippen LogP contribution in [-0.4, -0.2) is 93.0 Å². The summed E-state index contributed by atoms with van der Waals surface area (Å²) in [5, 5.41) is 0. The van der Waals surface area contributed by atoms with Crippen LogP contribution in [0.5, 0.6) is 0 Å². The highest BCUT2D eigenvalue weighted by molar-refractivity contribution is 7.89. The third-order valence-electron chi connectivity index (χ3n) is 5.59. The molecule has 0 N–H and O–H groups in total. The van der Waals surface area contributed by atoms with Crippen LogP contribution in [0, 0.1) is 5.92 Å². The van der Waals surface area contributed by atoms with Crippen LogP contribution >= 0.6 is 0 Å². The van der Waals surface area contributed by atoms with E-state index >= 15 is 0 Å². The average Bonchev–Trinajstić information content (AvgIpc) is 2.79. The Morgan fingerprint density at radius 3 is 2.12 bits per heavy atom. The molecule has 182 valence electrons. The van der Waals surface area contributed by atoms with Crippen LogP contribution in [0.2, 0.25) is 0 Å². The van der Waals surface area contributed by atoms with Gasteiger partial charge in [-0.1, -0.05) is 12.1 Å². The van der Waals surface area contributed by atoms with Crippen molar-refractivity contribution in [3.8, 4) is 0 Å². The van der Waals surface area contributed by atoms with Crippen molar-refractivity contribution in [3.63, 3.8) is 0 Å². The van der Waals surface area contributed by atoms with Gasteiger partial charge in [-0.15, -0.1) is 0 Å². The number of likely N-dealkylation sites (tertiary alicyclic amines) is 1. The van der Waals surface area contributed by atoms with E-state index in [9.17, 15) is 27.6 Å². The van der Waals surface area contributed by atoms with E-state index in [1.807, 2.05) is 0 Å². The number of sulfonamides is 1. The van der Waals surface area contributed by atoms with Gasteiger partial charge in [0, 0.05) is 32.7 Å². The Balaban J connectivity index is 1.89. The van der Waals surface area contributed by atoms with Gasteiger partial charge in [-0.05, 0) is 38.8 Å². The number of nitrogens with zero attached hydrogens (tertiary/aromatic N) is 3. The van der Waals surface area contributed by atoms with Crippen molar-refractivity contribution < 1.29 is 32.3 Å². The van der Waals surface area contributed by atoms with Gasteiger partial charge in [-0.25, -0.2) is 8.42 Å². The van der Waals surface area contributed by atoms with E-state index in [1.165, 1.54) is 50.2 Å². The van der Waals surface area contributed by atoms with E-state index in [1.54, 1.807) is 11.8 Å². The minimum Gasteiger partial charge on any atom is -0.466 e. The van der Waals surface area contributed by atoms with Crippen LogP contribution in [0.4, 0.5) is 0 Å². The third kappa shape index (κ3) is 6.84. The highest BCUT2D eigenvalue weighted by atomic mass is 32.2. The summed E-state index contributed by atoms with van der Waals surface area (Å²) in [5.74, 6) is -1.46. The quantitative estimate of drug-likeness (QED) is 0.377. The van der Waals surface area contributed by atoms with Crippen LogP contribution < -0.4 is 0 Å². The molecule has 1 fully saturated rings. The van der Waals surface area contributed by atoms with Crippen LogP contribution in [0.25, 0.3) is 0 Å². The predicted molar refractivity (Wildman–Crippen MR) is 120 cm³/mol. The first-order valence-electron chi connectivity index (χ1n) is 10.7. The normalized spacial score (nSPS) is 14.8. The van der Waals surface area contributed by atoms with Crippen molar-refractivity contribution in [2.75, 3.05) is 46.9 Å².